The minimum Gasteiger partial charge on any atom is -0.465 e. The van der Waals surface area contributed by atoms with Gasteiger partial charge in [0.25, 0.3) is 0 Å². The molecular formula is C17H23F3N2O3. The molecule has 2 rings (SSSR count). The van der Waals surface area contributed by atoms with Crippen LogP contribution >= 0.6 is 0 Å². The van der Waals surface area contributed by atoms with Crippen LogP contribution in [0.4, 0.5) is 13.2 Å². The quantitative estimate of drug-likeness (QED) is 0.661. The maximum Gasteiger partial charge on any atom is 0.393 e. The standard InChI is InChI=1S/C17H23F3N2O3/c1-9-13(16(24)25-4)10(2)21-14(9)15(23)11(3)22-7-5-6-12(8-22)17(18,19)20/h11-12,21H,5-8H2,1-4H3/t11-,12+/m1/s1. The summed E-state index contributed by atoms with van der Waals surface area (Å²) in [7, 11) is 1.25. The predicted octanol–water partition coefficient (Wildman–Crippen LogP) is 3.26. The Kier molecular flexibility index (Phi) is 5.61. The highest BCUT2D eigenvalue weighted by Crippen LogP contribution is 2.34. The number of aromatic nitrogens is 1. The molecule has 0 bridgehead atoms. The first kappa shape index (κ1) is 19.5. The van der Waals surface area contributed by atoms with Crippen LogP contribution < -0.4 is 0 Å². The molecule has 0 radical (unpaired) electrons. The number of ether oxygens (including phenoxy) is 1. The molecule has 140 valence electrons. The average Bonchev–Trinajstić information content (AvgIpc) is 2.86. The van der Waals surface area contributed by atoms with Gasteiger partial charge in [0.05, 0.1) is 30.3 Å². The Morgan fingerprint density at radius 1 is 1.32 bits per heavy atom. The summed E-state index contributed by atoms with van der Waals surface area (Å²) >= 11 is 0. The Morgan fingerprint density at radius 3 is 2.52 bits per heavy atom. The van der Waals surface area contributed by atoms with Gasteiger partial charge < -0.3 is 9.72 Å². The number of carbonyl (C=O) groups excluding carboxylic acids is 2. The molecule has 5 nitrogen and oxygen atoms in total. The van der Waals surface area contributed by atoms with Crippen LogP contribution in [0.5, 0.6) is 0 Å². The maximum atomic E-state index is 13.0. The smallest absolute Gasteiger partial charge is 0.393 e. The normalized spacial score (nSPS) is 20.4. The van der Waals surface area contributed by atoms with Crippen LogP contribution in [0.2, 0.25) is 0 Å². The average molecular weight is 360 g/mol. The fourth-order valence-corrected chi connectivity index (χ4v) is 3.40. The molecule has 2 atom stereocenters. The summed E-state index contributed by atoms with van der Waals surface area (Å²) in [4.78, 5) is 29.1. The summed E-state index contributed by atoms with van der Waals surface area (Å²) in [6.45, 7) is 5.15. The summed E-state index contributed by atoms with van der Waals surface area (Å²) in [6.07, 6.45) is -3.76. The van der Waals surface area contributed by atoms with E-state index in [0.717, 1.165) is 0 Å². The van der Waals surface area contributed by atoms with Crippen LogP contribution in [-0.2, 0) is 4.74 Å². The third-order valence-electron chi connectivity index (χ3n) is 4.92. The fourth-order valence-electron chi connectivity index (χ4n) is 3.40. The SMILES string of the molecule is COC(=O)c1c(C)[nH]c(C(=O)[C@@H](C)N2CCC[C@H](C(F)(F)F)C2)c1C. The molecule has 0 aromatic carbocycles. The summed E-state index contributed by atoms with van der Waals surface area (Å²) in [5, 5.41) is 0. The van der Waals surface area contributed by atoms with Gasteiger partial charge in [0, 0.05) is 12.2 Å². The second kappa shape index (κ2) is 7.19. The van der Waals surface area contributed by atoms with Gasteiger partial charge in [-0.25, -0.2) is 4.79 Å². The Morgan fingerprint density at radius 2 is 1.96 bits per heavy atom. The lowest BCUT2D eigenvalue weighted by molar-refractivity contribution is -0.187. The minimum absolute atomic E-state index is 0.0913. The van der Waals surface area contributed by atoms with Crippen LogP contribution in [0.1, 0.15) is 51.9 Å². The number of nitrogens with one attached hydrogen (secondary N) is 1. The van der Waals surface area contributed by atoms with Crippen molar-refractivity contribution in [2.45, 2.75) is 45.8 Å². The molecule has 1 aliphatic rings. The number of nitrogens with zero attached hydrogens (tertiary/aromatic N) is 1. The Balaban J connectivity index is 2.22. The number of esters is 1. The first-order valence-electron chi connectivity index (χ1n) is 8.20. The molecule has 0 unspecified atom stereocenters. The molecule has 1 N–H and O–H groups in total. The van der Waals surface area contributed by atoms with E-state index in [0.29, 0.717) is 29.8 Å². The number of carbonyl (C=O) groups is 2. The molecular weight excluding hydrogens is 337 g/mol. The number of hydrogen-bond donors (Lipinski definition) is 1. The van der Waals surface area contributed by atoms with Crippen molar-refractivity contribution in [2.75, 3.05) is 20.2 Å². The van der Waals surface area contributed by atoms with Crippen molar-refractivity contribution >= 4 is 11.8 Å². The van der Waals surface area contributed by atoms with Gasteiger partial charge in [-0.1, -0.05) is 0 Å². The van der Waals surface area contributed by atoms with E-state index in [1.165, 1.54) is 7.11 Å². The zero-order valence-corrected chi connectivity index (χ0v) is 14.8. The number of ketones is 1. The summed E-state index contributed by atoms with van der Waals surface area (Å²) in [6, 6.07) is -0.701. The van der Waals surface area contributed by atoms with Crippen molar-refractivity contribution in [3.63, 3.8) is 0 Å². The van der Waals surface area contributed by atoms with Crippen molar-refractivity contribution in [1.82, 2.24) is 9.88 Å². The third kappa shape index (κ3) is 3.89. The van der Waals surface area contributed by atoms with E-state index in [4.69, 9.17) is 4.74 Å². The monoisotopic (exact) mass is 360 g/mol. The first-order valence-corrected chi connectivity index (χ1v) is 8.20. The van der Waals surface area contributed by atoms with Crippen LogP contribution in [0, 0.1) is 19.8 Å². The van der Waals surface area contributed by atoms with Gasteiger partial charge in [-0.05, 0) is 45.7 Å². The molecule has 1 aromatic rings. The Bertz CT molecular complexity index is 667. The summed E-state index contributed by atoms with van der Waals surface area (Å²) < 4.78 is 43.7. The third-order valence-corrected chi connectivity index (χ3v) is 4.92. The molecule has 25 heavy (non-hydrogen) atoms. The molecule has 0 saturated carbocycles. The van der Waals surface area contributed by atoms with Gasteiger partial charge in [0.15, 0.2) is 5.78 Å². The lowest BCUT2D eigenvalue weighted by atomic mass is 9.95. The van der Waals surface area contributed by atoms with E-state index in [1.54, 1.807) is 25.7 Å². The van der Waals surface area contributed by atoms with Crippen molar-refractivity contribution in [2.24, 2.45) is 5.92 Å². The van der Waals surface area contributed by atoms with Crippen molar-refractivity contribution < 1.29 is 27.5 Å². The molecule has 1 aliphatic heterocycles. The van der Waals surface area contributed by atoms with Crippen LogP contribution in [0.15, 0.2) is 0 Å². The van der Waals surface area contributed by atoms with Crippen LogP contribution in [-0.4, -0.2) is 54.1 Å². The molecule has 1 fully saturated rings. The van der Waals surface area contributed by atoms with E-state index in [-0.39, 0.29) is 24.4 Å². The fraction of sp³-hybridized carbons (Fsp3) is 0.647. The Labute approximate surface area is 144 Å². The molecule has 0 spiro atoms. The highest BCUT2D eigenvalue weighted by molar-refractivity contribution is 6.03. The van der Waals surface area contributed by atoms with Gasteiger partial charge in [0.2, 0.25) is 0 Å². The number of Topliss-reactive ketones (excluding diaryl/α,β-unsaturated/α-hetero) is 1. The van der Waals surface area contributed by atoms with Gasteiger partial charge in [-0.15, -0.1) is 0 Å². The number of aryl methyl sites for hydroxylation is 1. The van der Waals surface area contributed by atoms with Crippen molar-refractivity contribution in [3.8, 4) is 0 Å². The lowest BCUT2D eigenvalue weighted by Crippen LogP contribution is -2.48. The highest BCUT2D eigenvalue weighted by atomic mass is 19.4. The van der Waals surface area contributed by atoms with E-state index in [1.807, 2.05) is 0 Å². The second-order valence-electron chi connectivity index (χ2n) is 6.53. The molecule has 1 aromatic heterocycles. The number of likely N-dealkylation sites (tertiary alicyclic amines) is 1. The number of alkyl halides is 3. The van der Waals surface area contributed by atoms with E-state index >= 15 is 0 Å². The van der Waals surface area contributed by atoms with Gasteiger partial charge in [0.1, 0.15) is 0 Å². The number of hydrogen-bond acceptors (Lipinski definition) is 4. The second-order valence-corrected chi connectivity index (χ2v) is 6.53. The largest absolute Gasteiger partial charge is 0.465 e. The first-order chi connectivity index (χ1) is 11.6. The van der Waals surface area contributed by atoms with E-state index in [2.05, 4.69) is 4.98 Å². The topological polar surface area (TPSA) is 62.4 Å². The lowest BCUT2D eigenvalue weighted by Gasteiger charge is -2.36. The van der Waals surface area contributed by atoms with Gasteiger partial charge >= 0.3 is 12.1 Å². The summed E-state index contributed by atoms with van der Waals surface area (Å²) in [5.74, 6) is -2.28. The van der Waals surface area contributed by atoms with Gasteiger partial charge in [-0.2, -0.15) is 13.2 Å². The zero-order valence-electron chi connectivity index (χ0n) is 14.8. The van der Waals surface area contributed by atoms with Gasteiger partial charge in [-0.3, -0.25) is 9.69 Å². The molecule has 0 amide bonds. The Hall–Kier alpha value is -1.83. The van der Waals surface area contributed by atoms with Crippen LogP contribution in [0.3, 0.4) is 0 Å². The molecule has 2 heterocycles. The van der Waals surface area contributed by atoms with E-state index < -0.39 is 24.1 Å². The van der Waals surface area contributed by atoms with Crippen LogP contribution in [0.25, 0.3) is 0 Å². The number of aromatic amines is 1. The number of H-pyrrole nitrogens is 1. The number of rotatable bonds is 4. The number of piperidine rings is 1. The van der Waals surface area contributed by atoms with E-state index in [9.17, 15) is 22.8 Å². The van der Waals surface area contributed by atoms with Crippen molar-refractivity contribution in [3.05, 3.63) is 22.5 Å². The predicted molar refractivity (Wildman–Crippen MR) is 85.8 cm³/mol. The number of halogens is 3. The highest BCUT2D eigenvalue weighted by Gasteiger charge is 2.43. The maximum absolute atomic E-state index is 13.0. The summed E-state index contributed by atoms with van der Waals surface area (Å²) in [5.41, 5.74) is 1.52. The molecule has 0 aliphatic carbocycles. The minimum atomic E-state index is -4.25. The molecule has 8 heteroatoms. The molecule has 1 saturated heterocycles. The zero-order chi connectivity index (χ0) is 18.9. The number of methoxy groups -OCH3 is 1. The van der Waals surface area contributed by atoms with Crippen molar-refractivity contribution in [1.29, 1.82) is 0 Å².